The number of carbonyl (C=O) groups is 1. The Bertz CT molecular complexity index is 841. The Morgan fingerprint density at radius 2 is 1.47 bits per heavy atom. The van der Waals surface area contributed by atoms with E-state index in [2.05, 4.69) is 62.4 Å². The van der Waals surface area contributed by atoms with E-state index in [0.29, 0.717) is 28.8 Å². The second kappa shape index (κ2) is 16.2. The van der Waals surface area contributed by atoms with E-state index in [1.165, 1.54) is 70.6 Å². The number of rotatable bonds is 17. The first-order valence-electron chi connectivity index (χ1n) is 18.8. The van der Waals surface area contributed by atoms with Gasteiger partial charge in [0.1, 0.15) is 0 Å². The molecule has 6 nitrogen and oxygen atoms in total. The number of fused-ring (bicyclic) bond motifs is 5. The summed E-state index contributed by atoms with van der Waals surface area (Å²) >= 11 is 0. The lowest BCUT2D eigenvalue weighted by atomic mass is 9.44. The summed E-state index contributed by atoms with van der Waals surface area (Å²) in [7, 11) is 0. The maximum absolute atomic E-state index is 13.0. The van der Waals surface area contributed by atoms with Crippen molar-refractivity contribution < 1.29 is 4.79 Å². The van der Waals surface area contributed by atoms with Gasteiger partial charge < -0.3 is 26.6 Å². The zero-order chi connectivity index (χ0) is 31.0. The summed E-state index contributed by atoms with van der Waals surface area (Å²) in [6.07, 6.45) is 18.2. The van der Waals surface area contributed by atoms with Crippen molar-refractivity contribution in [3.05, 3.63) is 0 Å². The van der Waals surface area contributed by atoms with E-state index >= 15 is 0 Å². The SMILES string of the molecule is CC(C)N(C(=O)CCCC1CCC2C3CCC4CC(NCCCNCCNCCCN)CCC4(C)C3CCC12C)C(C)C. The van der Waals surface area contributed by atoms with Gasteiger partial charge in [0.25, 0.3) is 0 Å². The monoisotopic (exact) mass is 602 g/mol. The maximum Gasteiger partial charge on any atom is 0.223 e. The summed E-state index contributed by atoms with van der Waals surface area (Å²) in [6, 6.07) is 1.32. The van der Waals surface area contributed by atoms with E-state index < -0.39 is 0 Å². The molecule has 8 atom stereocenters. The van der Waals surface area contributed by atoms with Crippen LogP contribution in [0.5, 0.6) is 0 Å². The van der Waals surface area contributed by atoms with Crippen LogP contribution in [0.4, 0.5) is 0 Å². The number of nitrogens with zero attached hydrogens (tertiary/aromatic N) is 1. The first-order valence-corrected chi connectivity index (χ1v) is 18.8. The predicted octanol–water partition coefficient (Wildman–Crippen LogP) is 6.34. The van der Waals surface area contributed by atoms with E-state index in [1.54, 1.807) is 0 Å². The summed E-state index contributed by atoms with van der Waals surface area (Å²) in [6.45, 7) is 20.2. The van der Waals surface area contributed by atoms with Gasteiger partial charge in [-0.1, -0.05) is 13.8 Å². The van der Waals surface area contributed by atoms with Crippen LogP contribution in [0, 0.1) is 40.4 Å². The van der Waals surface area contributed by atoms with Crippen LogP contribution in [0.3, 0.4) is 0 Å². The molecule has 4 aliphatic carbocycles. The van der Waals surface area contributed by atoms with Gasteiger partial charge in [0.2, 0.25) is 5.91 Å². The Morgan fingerprint density at radius 1 is 0.791 bits per heavy atom. The van der Waals surface area contributed by atoms with Crippen molar-refractivity contribution in [3.63, 3.8) is 0 Å². The molecule has 0 aromatic carbocycles. The van der Waals surface area contributed by atoms with Gasteiger partial charge in [0.05, 0.1) is 0 Å². The zero-order valence-electron chi connectivity index (χ0n) is 29.2. The third kappa shape index (κ3) is 8.37. The molecular formula is C37H71N5O. The summed E-state index contributed by atoms with van der Waals surface area (Å²) in [5.41, 5.74) is 6.62. The highest BCUT2D eigenvalue weighted by Crippen LogP contribution is 2.67. The lowest BCUT2D eigenvalue weighted by Gasteiger charge is -2.61. The van der Waals surface area contributed by atoms with Gasteiger partial charge in [-0.15, -0.1) is 0 Å². The largest absolute Gasteiger partial charge is 0.338 e. The number of hydrogen-bond donors (Lipinski definition) is 4. The van der Waals surface area contributed by atoms with Crippen molar-refractivity contribution in [2.75, 3.05) is 39.3 Å². The quantitative estimate of drug-likeness (QED) is 0.146. The summed E-state index contributed by atoms with van der Waals surface area (Å²) in [4.78, 5) is 15.1. The Kier molecular flexibility index (Phi) is 13.3. The third-order valence-corrected chi connectivity index (χ3v) is 13.2. The molecule has 0 aliphatic heterocycles. The van der Waals surface area contributed by atoms with Crippen LogP contribution < -0.4 is 21.7 Å². The normalized spacial score (nSPS) is 35.6. The van der Waals surface area contributed by atoms with Gasteiger partial charge in [-0.2, -0.15) is 0 Å². The van der Waals surface area contributed by atoms with Crippen LogP contribution in [0.25, 0.3) is 0 Å². The average molecular weight is 602 g/mol. The fourth-order valence-electron chi connectivity index (χ4n) is 11.0. The number of nitrogens with two attached hydrogens (primary N) is 1. The van der Waals surface area contributed by atoms with Crippen LogP contribution in [0.1, 0.15) is 131 Å². The van der Waals surface area contributed by atoms with Gasteiger partial charge in [0, 0.05) is 37.6 Å². The van der Waals surface area contributed by atoms with Crippen LogP contribution in [0.2, 0.25) is 0 Å². The van der Waals surface area contributed by atoms with Crippen LogP contribution in [-0.4, -0.2) is 68.2 Å². The first kappa shape index (κ1) is 35.2. The minimum Gasteiger partial charge on any atom is -0.338 e. The molecule has 0 bridgehead atoms. The van der Waals surface area contributed by atoms with E-state index in [0.717, 1.165) is 94.2 Å². The minimum absolute atomic E-state index is 0.297. The molecule has 0 aromatic heterocycles. The Labute approximate surface area is 266 Å². The Balaban J connectivity index is 1.20. The average Bonchev–Trinajstić information content (AvgIpc) is 3.29. The highest BCUT2D eigenvalue weighted by Gasteiger charge is 2.59. The second-order valence-corrected chi connectivity index (χ2v) is 16.3. The lowest BCUT2D eigenvalue weighted by molar-refractivity contribution is -0.135. The van der Waals surface area contributed by atoms with Gasteiger partial charge in [-0.05, 0) is 178 Å². The predicted molar refractivity (Wildman–Crippen MR) is 182 cm³/mol. The molecular weight excluding hydrogens is 530 g/mol. The molecule has 5 N–H and O–H groups in total. The molecule has 43 heavy (non-hydrogen) atoms. The topological polar surface area (TPSA) is 82.4 Å². The van der Waals surface area contributed by atoms with Crippen molar-refractivity contribution in [3.8, 4) is 0 Å². The molecule has 0 heterocycles. The summed E-state index contributed by atoms with van der Waals surface area (Å²) in [5, 5.41) is 11.0. The van der Waals surface area contributed by atoms with Gasteiger partial charge in [-0.3, -0.25) is 4.79 Å². The fourth-order valence-corrected chi connectivity index (χ4v) is 11.0. The van der Waals surface area contributed by atoms with E-state index in [4.69, 9.17) is 5.73 Å². The Morgan fingerprint density at radius 3 is 2.16 bits per heavy atom. The summed E-state index contributed by atoms with van der Waals surface area (Å²) < 4.78 is 0. The summed E-state index contributed by atoms with van der Waals surface area (Å²) in [5.74, 6) is 4.92. The van der Waals surface area contributed by atoms with Crippen molar-refractivity contribution >= 4 is 5.91 Å². The lowest BCUT2D eigenvalue weighted by Crippen LogP contribution is -2.55. The second-order valence-electron chi connectivity index (χ2n) is 16.3. The number of nitrogens with one attached hydrogen (secondary N) is 3. The highest BCUT2D eigenvalue weighted by atomic mass is 16.2. The van der Waals surface area contributed by atoms with Crippen molar-refractivity contribution in [2.45, 2.75) is 150 Å². The molecule has 6 heteroatoms. The van der Waals surface area contributed by atoms with Crippen molar-refractivity contribution in [1.29, 1.82) is 0 Å². The molecule has 0 saturated heterocycles. The van der Waals surface area contributed by atoms with Crippen LogP contribution in [0.15, 0.2) is 0 Å². The maximum atomic E-state index is 13.0. The Hall–Kier alpha value is -0.690. The molecule has 4 rings (SSSR count). The molecule has 4 aliphatic rings. The van der Waals surface area contributed by atoms with Crippen molar-refractivity contribution in [2.24, 2.45) is 46.2 Å². The number of amides is 1. The molecule has 8 unspecified atom stereocenters. The fraction of sp³-hybridized carbons (Fsp3) is 0.973. The van der Waals surface area contributed by atoms with E-state index in [-0.39, 0.29) is 0 Å². The molecule has 0 aromatic rings. The minimum atomic E-state index is 0.297. The zero-order valence-corrected chi connectivity index (χ0v) is 29.2. The third-order valence-electron chi connectivity index (χ3n) is 13.2. The molecule has 4 fully saturated rings. The number of hydrogen-bond acceptors (Lipinski definition) is 5. The van der Waals surface area contributed by atoms with E-state index in [1.807, 2.05) is 0 Å². The van der Waals surface area contributed by atoms with Crippen LogP contribution >= 0.6 is 0 Å². The molecule has 0 radical (unpaired) electrons. The first-order chi connectivity index (χ1) is 20.6. The van der Waals surface area contributed by atoms with Crippen LogP contribution in [-0.2, 0) is 4.79 Å². The van der Waals surface area contributed by atoms with Gasteiger partial charge in [-0.25, -0.2) is 0 Å². The van der Waals surface area contributed by atoms with Crippen molar-refractivity contribution in [1.82, 2.24) is 20.9 Å². The highest BCUT2D eigenvalue weighted by molar-refractivity contribution is 5.76. The standard InChI is InChI=1S/C37H71N5O/c1-27(2)42(28(3)4)35(43)11-7-10-29-13-15-33-32-14-12-30-26-31(41-23-9-22-40-25-24-39-21-8-20-38)16-18-37(30,6)34(32)17-19-36(29,33)5/h27-34,39-41H,7-26,38H2,1-6H3. The molecule has 250 valence electrons. The van der Waals surface area contributed by atoms with Gasteiger partial charge >= 0.3 is 0 Å². The molecule has 0 spiro atoms. The smallest absolute Gasteiger partial charge is 0.223 e. The number of carbonyl (C=O) groups excluding carboxylic acids is 1. The molecule has 4 saturated carbocycles. The van der Waals surface area contributed by atoms with E-state index in [9.17, 15) is 4.79 Å². The molecule has 1 amide bonds. The van der Waals surface area contributed by atoms with Gasteiger partial charge in [0.15, 0.2) is 0 Å².